The highest BCUT2D eigenvalue weighted by atomic mass is 16.2. The number of carbonyl (C=O) groups is 1. The van der Waals surface area contributed by atoms with E-state index in [1.165, 1.54) is 0 Å². The number of benzene rings is 1. The van der Waals surface area contributed by atoms with Gasteiger partial charge in [0.15, 0.2) is 0 Å². The van der Waals surface area contributed by atoms with Gasteiger partial charge in [0.05, 0.1) is 0 Å². The van der Waals surface area contributed by atoms with Gasteiger partial charge in [0.2, 0.25) is 0 Å². The monoisotopic (exact) mass is 204 g/mol. The fourth-order valence-corrected chi connectivity index (χ4v) is 1.24. The molecule has 0 bridgehead atoms. The van der Waals surface area contributed by atoms with Gasteiger partial charge in [-0.15, -0.1) is 0 Å². The van der Waals surface area contributed by atoms with Crippen LogP contribution in [-0.2, 0) is 0 Å². The van der Waals surface area contributed by atoms with E-state index in [4.69, 9.17) is 5.73 Å². The second kappa shape index (κ2) is 5.32. The van der Waals surface area contributed by atoms with E-state index in [1.54, 1.807) is 19.0 Å². The third-order valence-corrected chi connectivity index (χ3v) is 1.99. The fourth-order valence-electron chi connectivity index (χ4n) is 1.24. The molecule has 15 heavy (non-hydrogen) atoms. The Morgan fingerprint density at radius 2 is 2.20 bits per heavy atom. The molecule has 0 radical (unpaired) electrons. The van der Waals surface area contributed by atoms with Crippen molar-refractivity contribution in [3.8, 4) is 0 Å². The minimum absolute atomic E-state index is 0.0120. The Bertz CT molecular complexity index is 370. The maximum Gasteiger partial charge on any atom is 0.253 e. The predicted molar refractivity (Wildman–Crippen MR) is 62.5 cm³/mol. The van der Waals surface area contributed by atoms with Crippen molar-refractivity contribution in [1.82, 2.24) is 4.90 Å². The molecular weight excluding hydrogens is 188 g/mol. The molecule has 2 N–H and O–H groups in total. The maximum atomic E-state index is 11.6. The van der Waals surface area contributed by atoms with Crippen LogP contribution in [0.15, 0.2) is 30.3 Å². The molecule has 1 rings (SSSR count). The third kappa shape index (κ3) is 3.22. The van der Waals surface area contributed by atoms with Crippen LogP contribution in [0.25, 0.3) is 6.08 Å². The van der Waals surface area contributed by atoms with Gasteiger partial charge in [-0.1, -0.05) is 24.3 Å². The van der Waals surface area contributed by atoms with Crippen LogP contribution in [0.5, 0.6) is 0 Å². The lowest BCUT2D eigenvalue weighted by molar-refractivity contribution is 0.0827. The first-order valence-electron chi connectivity index (χ1n) is 4.83. The van der Waals surface area contributed by atoms with E-state index in [1.807, 2.05) is 36.4 Å². The van der Waals surface area contributed by atoms with Crippen molar-refractivity contribution in [3.05, 3.63) is 41.5 Å². The third-order valence-electron chi connectivity index (χ3n) is 1.99. The first-order chi connectivity index (χ1) is 7.15. The summed E-state index contributed by atoms with van der Waals surface area (Å²) < 4.78 is 0. The smallest absolute Gasteiger partial charge is 0.253 e. The van der Waals surface area contributed by atoms with Gasteiger partial charge in [0.1, 0.15) is 0 Å². The van der Waals surface area contributed by atoms with Gasteiger partial charge in [-0.2, -0.15) is 0 Å². The molecule has 0 heterocycles. The van der Waals surface area contributed by atoms with Crippen molar-refractivity contribution < 1.29 is 4.79 Å². The zero-order valence-corrected chi connectivity index (χ0v) is 9.10. The van der Waals surface area contributed by atoms with E-state index in [0.717, 1.165) is 5.56 Å². The molecular formula is C12H16N2O. The zero-order valence-electron chi connectivity index (χ0n) is 9.10. The minimum Gasteiger partial charge on any atom is -0.345 e. The summed E-state index contributed by atoms with van der Waals surface area (Å²) in [7, 11) is 3.48. The molecule has 0 aliphatic rings. The van der Waals surface area contributed by atoms with Crippen LogP contribution in [0.2, 0.25) is 0 Å². The molecule has 0 spiro atoms. The molecule has 80 valence electrons. The quantitative estimate of drug-likeness (QED) is 0.808. The average molecular weight is 204 g/mol. The van der Waals surface area contributed by atoms with E-state index in [0.29, 0.717) is 12.1 Å². The van der Waals surface area contributed by atoms with Gasteiger partial charge < -0.3 is 10.6 Å². The van der Waals surface area contributed by atoms with Crippen molar-refractivity contribution >= 4 is 12.0 Å². The Labute approximate surface area is 90.2 Å². The van der Waals surface area contributed by atoms with Crippen molar-refractivity contribution in [2.75, 3.05) is 20.6 Å². The number of hydrogen-bond acceptors (Lipinski definition) is 2. The van der Waals surface area contributed by atoms with Crippen LogP contribution in [0.1, 0.15) is 15.9 Å². The Morgan fingerprint density at radius 1 is 1.47 bits per heavy atom. The first kappa shape index (κ1) is 11.5. The highest BCUT2D eigenvalue weighted by Gasteiger charge is 2.06. The number of amides is 1. The molecule has 0 fully saturated rings. The molecule has 0 saturated heterocycles. The molecule has 1 aromatic carbocycles. The first-order valence-corrected chi connectivity index (χ1v) is 4.83. The number of hydrogen-bond donors (Lipinski definition) is 1. The van der Waals surface area contributed by atoms with E-state index in [9.17, 15) is 4.79 Å². The summed E-state index contributed by atoms with van der Waals surface area (Å²) in [6.07, 6.45) is 3.77. The van der Waals surface area contributed by atoms with E-state index in [2.05, 4.69) is 0 Å². The summed E-state index contributed by atoms with van der Waals surface area (Å²) >= 11 is 0. The Morgan fingerprint density at radius 3 is 2.80 bits per heavy atom. The molecule has 0 atom stereocenters. The van der Waals surface area contributed by atoms with Crippen LogP contribution in [0, 0.1) is 0 Å². The molecule has 1 aromatic rings. The second-order valence-electron chi connectivity index (χ2n) is 3.46. The van der Waals surface area contributed by atoms with Crippen LogP contribution in [0.4, 0.5) is 0 Å². The molecule has 3 heteroatoms. The van der Waals surface area contributed by atoms with Gasteiger partial charge in [-0.05, 0) is 17.7 Å². The summed E-state index contributed by atoms with van der Waals surface area (Å²) in [4.78, 5) is 13.2. The van der Waals surface area contributed by atoms with Gasteiger partial charge >= 0.3 is 0 Å². The second-order valence-corrected chi connectivity index (χ2v) is 3.46. The SMILES string of the molecule is CN(C)C(=O)c1cccc(C=CCN)c1. The summed E-state index contributed by atoms with van der Waals surface area (Å²) in [5.74, 6) is 0.0120. The molecule has 0 aliphatic carbocycles. The summed E-state index contributed by atoms with van der Waals surface area (Å²) in [5, 5.41) is 0. The van der Waals surface area contributed by atoms with Crippen LogP contribution < -0.4 is 5.73 Å². The average Bonchev–Trinajstić information content (AvgIpc) is 2.25. The van der Waals surface area contributed by atoms with Crippen molar-refractivity contribution in [1.29, 1.82) is 0 Å². The Balaban J connectivity index is 2.92. The summed E-state index contributed by atoms with van der Waals surface area (Å²) in [6.45, 7) is 0.506. The predicted octanol–water partition coefficient (Wildman–Crippen LogP) is 1.36. The normalized spacial score (nSPS) is 10.6. The topological polar surface area (TPSA) is 46.3 Å². The van der Waals surface area contributed by atoms with Gasteiger partial charge in [0.25, 0.3) is 5.91 Å². The van der Waals surface area contributed by atoms with Crippen molar-refractivity contribution in [3.63, 3.8) is 0 Å². The van der Waals surface area contributed by atoms with Gasteiger partial charge in [-0.25, -0.2) is 0 Å². The molecule has 0 aromatic heterocycles. The number of nitrogens with two attached hydrogens (primary N) is 1. The lowest BCUT2D eigenvalue weighted by Crippen LogP contribution is -2.21. The van der Waals surface area contributed by atoms with Crippen molar-refractivity contribution in [2.45, 2.75) is 0 Å². The zero-order chi connectivity index (χ0) is 11.3. The van der Waals surface area contributed by atoms with Gasteiger partial charge in [-0.3, -0.25) is 4.79 Å². The highest BCUT2D eigenvalue weighted by Crippen LogP contribution is 2.08. The standard InChI is InChI=1S/C12H16N2O/c1-14(2)12(15)11-7-3-5-10(9-11)6-4-8-13/h3-7,9H,8,13H2,1-2H3. The van der Waals surface area contributed by atoms with E-state index >= 15 is 0 Å². The summed E-state index contributed by atoms with van der Waals surface area (Å²) in [5.41, 5.74) is 7.05. The lowest BCUT2D eigenvalue weighted by Gasteiger charge is -2.10. The molecule has 1 amide bonds. The highest BCUT2D eigenvalue weighted by molar-refractivity contribution is 5.94. The van der Waals surface area contributed by atoms with Crippen LogP contribution >= 0.6 is 0 Å². The van der Waals surface area contributed by atoms with Gasteiger partial charge in [0, 0.05) is 26.2 Å². The van der Waals surface area contributed by atoms with Crippen LogP contribution in [0.3, 0.4) is 0 Å². The fraction of sp³-hybridized carbons (Fsp3) is 0.250. The molecule has 0 saturated carbocycles. The largest absolute Gasteiger partial charge is 0.345 e. The maximum absolute atomic E-state index is 11.6. The lowest BCUT2D eigenvalue weighted by atomic mass is 10.1. The number of rotatable bonds is 3. The minimum atomic E-state index is 0.0120. The molecule has 3 nitrogen and oxygen atoms in total. The van der Waals surface area contributed by atoms with Crippen LogP contribution in [-0.4, -0.2) is 31.4 Å². The molecule has 0 unspecified atom stereocenters. The van der Waals surface area contributed by atoms with Crippen molar-refractivity contribution in [2.24, 2.45) is 5.73 Å². The Hall–Kier alpha value is -1.61. The summed E-state index contributed by atoms with van der Waals surface area (Å²) in [6, 6.07) is 7.47. The van der Waals surface area contributed by atoms with E-state index in [-0.39, 0.29) is 5.91 Å². The van der Waals surface area contributed by atoms with E-state index < -0.39 is 0 Å². The Kier molecular flexibility index (Phi) is 4.06. The number of carbonyl (C=O) groups excluding carboxylic acids is 1. The molecule has 0 aliphatic heterocycles. The number of nitrogens with zero attached hydrogens (tertiary/aromatic N) is 1.